The Bertz CT molecular complexity index is 1520. The van der Waals surface area contributed by atoms with Gasteiger partial charge in [-0.05, 0) is 47.5 Å². The Labute approximate surface area is 214 Å². The third-order valence-electron chi connectivity index (χ3n) is 6.24. The van der Waals surface area contributed by atoms with E-state index < -0.39 is 11.9 Å². The number of nitrogens with one attached hydrogen (secondary N) is 1. The lowest BCUT2D eigenvalue weighted by atomic mass is 9.97. The van der Waals surface area contributed by atoms with Crippen molar-refractivity contribution in [2.75, 3.05) is 14.2 Å². The Morgan fingerprint density at radius 2 is 1.49 bits per heavy atom. The predicted molar refractivity (Wildman–Crippen MR) is 142 cm³/mol. The first kappa shape index (κ1) is 24.0. The predicted octanol–water partition coefficient (Wildman–Crippen LogP) is 6.58. The summed E-state index contributed by atoms with van der Waals surface area (Å²) in [5, 5.41) is 3.59. The molecule has 5 nitrogen and oxygen atoms in total. The van der Waals surface area contributed by atoms with Crippen molar-refractivity contribution in [2.45, 2.75) is 6.04 Å². The normalized spacial score (nSPS) is 10.9. The number of amides is 1. The van der Waals surface area contributed by atoms with E-state index in [1.807, 2.05) is 66.7 Å². The van der Waals surface area contributed by atoms with Gasteiger partial charge in [-0.3, -0.25) is 4.79 Å². The third kappa shape index (κ3) is 5.00. The van der Waals surface area contributed by atoms with E-state index in [1.165, 1.54) is 12.1 Å². The molecule has 0 bridgehead atoms. The van der Waals surface area contributed by atoms with Crippen LogP contribution in [0.3, 0.4) is 0 Å². The van der Waals surface area contributed by atoms with Crippen LogP contribution >= 0.6 is 0 Å². The van der Waals surface area contributed by atoms with Gasteiger partial charge in [0.25, 0.3) is 5.91 Å². The Hall–Kier alpha value is -4.71. The minimum Gasteiger partial charge on any atom is -0.497 e. The number of nitrogens with zero attached hydrogens (tertiary/aromatic N) is 1. The highest BCUT2D eigenvalue weighted by Crippen LogP contribution is 2.35. The van der Waals surface area contributed by atoms with Gasteiger partial charge in [0, 0.05) is 17.0 Å². The first-order valence-corrected chi connectivity index (χ1v) is 11.8. The third-order valence-corrected chi connectivity index (χ3v) is 6.24. The highest BCUT2D eigenvalue weighted by Gasteiger charge is 2.21. The number of hydrogen-bond donors (Lipinski definition) is 1. The second-order valence-corrected chi connectivity index (χ2v) is 8.51. The van der Waals surface area contributed by atoms with E-state index >= 15 is 0 Å². The lowest BCUT2D eigenvalue weighted by Crippen LogP contribution is -2.29. The van der Waals surface area contributed by atoms with Crippen molar-refractivity contribution in [3.05, 3.63) is 126 Å². The largest absolute Gasteiger partial charge is 0.497 e. The summed E-state index contributed by atoms with van der Waals surface area (Å²) in [6.45, 7) is 0. The SMILES string of the molecule is COc1ccc(-c2cc(C(=O)NC(c3ccccc3)c3ccccc3)c3cc(F)ccc3n2)c(OC)c1. The van der Waals surface area contributed by atoms with E-state index in [9.17, 15) is 9.18 Å². The van der Waals surface area contributed by atoms with Gasteiger partial charge in [-0.15, -0.1) is 0 Å². The summed E-state index contributed by atoms with van der Waals surface area (Å²) in [5.74, 6) is 0.395. The van der Waals surface area contributed by atoms with Gasteiger partial charge in [-0.2, -0.15) is 0 Å². The molecule has 0 saturated carbocycles. The Morgan fingerprint density at radius 3 is 2.11 bits per heavy atom. The summed E-state index contributed by atoms with van der Waals surface area (Å²) in [4.78, 5) is 18.6. The van der Waals surface area contributed by atoms with E-state index in [4.69, 9.17) is 14.5 Å². The smallest absolute Gasteiger partial charge is 0.252 e. The van der Waals surface area contributed by atoms with Gasteiger partial charge in [-0.1, -0.05) is 60.7 Å². The molecule has 0 aliphatic rings. The average molecular weight is 493 g/mol. The molecule has 1 amide bonds. The van der Waals surface area contributed by atoms with Gasteiger partial charge in [0.15, 0.2) is 0 Å². The Balaban J connectivity index is 1.63. The summed E-state index contributed by atoms with van der Waals surface area (Å²) in [7, 11) is 3.14. The fourth-order valence-electron chi connectivity index (χ4n) is 4.39. The van der Waals surface area contributed by atoms with Crippen molar-refractivity contribution in [3.8, 4) is 22.8 Å². The number of rotatable bonds is 7. The number of hydrogen-bond acceptors (Lipinski definition) is 4. The number of halogens is 1. The molecule has 0 radical (unpaired) electrons. The van der Waals surface area contributed by atoms with Crippen LogP contribution in [0.25, 0.3) is 22.2 Å². The second kappa shape index (κ2) is 10.5. The zero-order valence-corrected chi connectivity index (χ0v) is 20.4. The number of pyridine rings is 1. The molecule has 1 N–H and O–H groups in total. The maximum atomic E-state index is 14.3. The van der Waals surface area contributed by atoms with E-state index in [1.54, 1.807) is 38.5 Å². The molecular formula is C31H25FN2O3. The molecule has 0 spiro atoms. The summed E-state index contributed by atoms with van der Waals surface area (Å²) in [5.41, 5.74) is 3.89. The first-order chi connectivity index (χ1) is 18.1. The molecule has 1 heterocycles. The molecule has 6 heteroatoms. The molecule has 184 valence electrons. The first-order valence-electron chi connectivity index (χ1n) is 11.8. The summed E-state index contributed by atoms with van der Waals surface area (Å²) in [6, 6.07) is 30.4. The topological polar surface area (TPSA) is 60.5 Å². The van der Waals surface area contributed by atoms with Crippen molar-refractivity contribution in [1.82, 2.24) is 10.3 Å². The Kier molecular flexibility index (Phi) is 6.81. The fourth-order valence-corrected chi connectivity index (χ4v) is 4.39. The van der Waals surface area contributed by atoms with Crippen LogP contribution in [0.4, 0.5) is 4.39 Å². The van der Waals surface area contributed by atoms with Crippen molar-refractivity contribution in [3.63, 3.8) is 0 Å². The van der Waals surface area contributed by atoms with Crippen LogP contribution in [0, 0.1) is 5.82 Å². The fraction of sp³-hybridized carbons (Fsp3) is 0.0968. The number of fused-ring (bicyclic) bond motifs is 1. The molecule has 0 unspecified atom stereocenters. The summed E-state index contributed by atoms with van der Waals surface area (Å²) >= 11 is 0. The zero-order chi connectivity index (χ0) is 25.8. The molecule has 0 saturated heterocycles. The molecule has 0 atom stereocenters. The zero-order valence-electron chi connectivity index (χ0n) is 20.4. The maximum absolute atomic E-state index is 14.3. The molecule has 0 fully saturated rings. The number of carbonyl (C=O) groups is 1. The quantitative estimate of drug-likeness (QED) is 0.279. The van der Waals surface area contributed by atoms with Crippen LogP contribution in [0.2, 0.25) is 0 Å². The number of benzene rings is 4. The van der Waals surface area contributed by atoms with Crippen molar-refractivity contribution < 1.29 is 18.7 Å². The van der Waals surface area contributed by atoms with Crippen LogP contribution in [0.5, 0.6) is 11.5 Å². The molecular weight excluding hydrogens is 467 g/mol. The van der Waals surface area contributed by atoms with Crippen LogP contribution < -0.4 is 14.8 Å². The lowest BCUT2D eigenvalue weighted by molar-refractivity contribution is 0.0944. The van der Waals surface area contributed by atoms with Gasteiger partial charge < -0.3 is 14.8 Å². The monoisotopic (exact) mass is 492 g/mol. The number of ether oxygens (including phenoxy) is 2. The van der Waals surface area contributed by atoms with Gasteiger partial charge in [-0.25, -0.2) is 9.37 Å². The van der Waals surface area contributed by atoms with Crippen LogP contribution in [-0.2, 0) is 0 Å². The number of methoxy groups -OCH3 is 2. The molecule has 5 rings (SSSR count). The number of carbonyl (C=O) groups excluding carboxylic acids is 1. The van der Waals surface area contributed by atoms with E-state index in [0.717, 1.165) is 11.1 Å². The van der Waals surface area contributed by atoms with Crippen LogP contribution in [0.1, 0.15) is 27.5 Å². The van der Waals surface area contributed by atoms with E-state index in [0.29, 0.717) is 39.2 Å². The molecule has 4 aromatic carbocycles. The molecule has 0 aliphatic carbocycles. The highest BCUT2D eigenvalue weighted by atomic mass is 19.1. The molecule has 37 heavy (non-hydrogen) atoms. The van der Waals surface area contributed by atoms with Crippen LogP contribution in [-0.4, -0.2) is 25.1 Å². The average Bonchev–Trinajstić information content (AvgIpc) is 2.95. The second-order valence-electron chi connectivity index (χ2n) is 8.51. The maximum Gasteiger partial charge on any atom is 0.252 e. The van der Waals surface area contributed by atoms with Gasteiger partial charge >= 0.3 is 0 Å². The lowest BCUT2D eigenvalue weighted by Gasteiger charge is -2.21. The minimum atomic E-state index is -0.444. The van der Waals surface area contributed by atoms with Crippen molar-refractivity contribution in [1.29, 1.82) is 0 Å². The van der Waals surface area contributed by atoms with Crippen molar-refractivity contribution >= 4 is 16.8 Å². The standard InChI is InChI=1S/C31H25FN2O3/c1-36-23-14-15-24(29(18-23)37-2)28-19-26(25-17-22(32)13-16-27(25)33-28)31(35)34-30(20-9-5-3-6-10-20)21-11-7-4-8-12-21/h3-19,30H,1-2H3,(H,34,35). The van der Waals surface area contributed by atoms with E-state index in [2.05, 4.69) is 5.32 Å². The summed E-state index contributed by atoms with van der Waals surface area (Å²) < 4.78 is 25.2. The highest BCUT2D eigenvalue weighted by molar-refractivity contribution is 6.07. The number of aromatic nitrogens is 1. The van der Waals surface area contributed by atoms with Gasteiger partial charge in [0.1, 0.15) is 17.3 Å². The van der Waals surface area contributed by atoms with Gasteiger partial charge in [0.05, 0.1) is 37.0 Å². The molecule has 1 aromatic heterocycles. The van der Waals surface area contributed by atoms with Gasteiger partial charge in [0.2, 0.25) is 0 Å². The van der Waals surface area contributed by atoms with E-state index in [-0.39, 0.29) is 5.91 Å². The molecule has 5 aromatic rings. The minimum absolute atomic E-state index is 0.314. The Morgan fingerprint density at radius 1 is 0.811 bits per heavy atom. The summed E-state index contributed by atoms with van der Waals surface area (Å²) in [6.07, 6.45) is 0. The van der Waals surface area contributed by atoms with Crippen LogP contribution in [0.15, 0.2) is 103 Å². The van der Waals surface area contributed by atoms with Crippen molar-refractivity contribution in [2.24, 2.45) is 0 Å². The molecule has 0 aliphatic heterocycles.